The van der Waals surface area contributed by atoms with Crippen LogP contribution in [-0.4, -0.2) is 39.8 Å². The summed E-state index contributed by atoms with van der Waals surface area (Å²) in [5, 5.41) is 4.91. The molecule has 4 aromatic rings. The van der Waals surface area contributed by atoms with Gasteiger partial charge in [0.05, 0.1) is 35.9 Å². The number of nitrogens with zero attached hydrogens (tertiary/aromatic N) is 3. The van der Waals surface area contributed by atoms with Crippen LogP contribution in [0.15, 0.2) is 77.4 Å². The molecule has 0 radical (unpaired) electrons. The number of carbonyl (C=O) groups is 1. The van der Waals surface area contributed by atoms with Crippen molar-refractivity contribution in [2.45, 2.75) is 45.3 Å². The Bertz CT molecular complexity index is 1330. The molecular formula is C29H30FN3O4. The quantitative estimate of drug-likeness (QED) is 0.267. The minimum Gasteiger partial charge on any atom is -0.459 e. The largest absolute Gasteiger partial charge is 0.459 e. The molecular weight excluding hydrogens is 473 g/mol. The van der Waals surface area contributed by atoms with Gasteiger partial charge in [0.1, 0.15) is 11.6 Å². The van der Waals surface area contributed by atoms with E-state index >= 15 is 0 Å². The lowest BCUT2D eigenvalue weighted by molar-refractivity contribution is 0.0482. The molecule has 1 fully saturated rings. The molecule has 192 valence electrons. The van der Waals surface area contributed by atoms with Gasteiger partial charge in [-0.15, -0.1) is 0 Å². The van der Waals surface area contributed by atoms with Gasteiger partial charge in [0.15, 0.2) is 5.76 Å². The molecule has 0 spiro atoms. The molecule has 2 aromatic heterocycles. The first-order chi connectivity index (χ1) is 18.0. The molecule has 3 heterocycles. The van der Waals surface area contributed by atoms with Crippen molar-refractivity contribution in [1.29, 1.82) is 0 Å². The predicted octanol–water partition coefficient (Wildman–Crippen LogP) is 6.34. The van der Waals surface area contributed by atoms with Gasteiger partial charge < -0.3 is 18.8 Å². The summed E-state index contributed by atoms with van der Waals surface area (Å²) >= 11 is 0. The third-order valence-corrected chi connectivity index (χ3v) is 6.34. The van der Waals surface area contributed by atoms with Crippen LogP contribution in [-0.2, 0) is 11.3 Å². The van der Waals surface area contributed by atoms with Crippen LogP contribution >= 0.6 is 0 Å². The standard InChI is InChI=1S/C29H30FN3O4/c1-20(2)27-25(19-32(18-24-13-7-15-35-24)28(34)26-14-8-16-36-26)29(37-23-12-6-9-21(30)17-23)33(31-27)22-10-4-3-5-11-22/h3-6,8-12,14,16-17,20,24H,7,13,15,18-19H2,1-2H3/t24-/m1/s1. The van der Waals surface area contributed by atoms with Gasteiger partial charge in [-0.3, -0.25) is 4.79 Å². The molecule has 2 aromatic carbocycles. The summed E-state index contributed by atoms with van der Waals surface area (Å²) in [6, 6.07) is 19.0. The molecule has 0 saturated carbocycles. The zero-order valence-electron chi connectivity index (χ0n) is 21.0. The van der Waals surface area contributed by atoms with Crippen molar-refractivity contribution in [3.63, 3.8) is 0 Å². The van der Waals surface area contributed by atoms with E-state index in [4.69, 9.17) is 19.0 Å². The zero-order valence-corrected chi connectivity index (χ0v) is 21.0. The SMILES string of the molecule is CC(C)c1nn(-c2ccccc2)c(Oc2cccc(F)c2)c1CN(C[C@H]1CCCO1)C(=O)c1ccco1. The minimum atomic E-state index is -0.401. The number of amides is 1. The molecule has 0 aliphatic carbocycles. The van der Waals surface area contributed by atoms with Gasteiger partial charge >= 0.3 is 0 Å². The highest BCUT2D eigenvalue weighted by atomic mass is 19.1. The summed E-state index contributed by atoms with van der Waals surface area (Å²) in [4.78, 5) is 15.3. The van der Waals surface area contributed by atoms with Crippen molar-refractivity contribution in [1.82, 2.24) is 14.7 Å². The van der Waals surface area contributed by atoms with Crippen LogP contribution in [0.1, 0.15) is 54.4 Å². The Balaban J connectivity index is 1.60. The maximum absolute atomic E-state index is 14.0. The second-order valence-corrected chi connectivity index (χ2v) is 9.43. The molecule has 5 rings (SSSR count). The summed E-state index contributed by atoms with van der Waals surface area (Å²) in [5.41, 5.74) is 2.34. The fraction of sp³-hybridized carbons (Fsp3) is 0.310. The monoisotopic (exact) mass is 503 g/mol. The summed E-state index contributed by atoms with van der Waals surface area (Å²) in [5.74, 6) is 0.438. The van der Waals surface area contributed by atoms with Crippen LogP contribution in [0.3, 0.4) is 0 Å². The lowest BCUT2D eigenvalue weighted by Gasteiger charge is -2.25. The molecule has 1 aliphatic rings. The summed E-state index contributed by atoms with van der Waals surface area (Å²) in [7, 11) is 0. The van der Waals surface area contributed by atoms with Crippen molar-refractivity contribution >= 4 is 5.91 Å². The highest BCUT2D eigenvalue weighted by Crippen LogP contribution is 2.35. The molecule has 0 N–H and O–H groups in total. The van der Waals surface area contributed by atoms with Crippen LogP contribution in [0.5, 0.6) is 11.6 Å². The number of carbonyl (C=O) groups excluding carboxylic acids is 1. The average Bonchev–Trinajstić information content (AvgIpc) is 3.67. The Morgan fingerprint density at radius 1 is 1.16 bits per heavy atom. The van der Waals surface area contributed by atoms with Gasteiger partial charge in [0.25, 0.3) is 5.91 Å². The maximum Gasteiger partial charge on any atom is 0.289 e. The first kappa shape index (κ1) is 24.8. The lowest BCUT2D eigenvalue weighted by Crippen LogP contribution is -2.37. The van der Waals surface area contributed by atoms with E-state index in [2.05, 4.69) is 0 Å². The van der Waals surface area contributed by atoms with E-state index < -0.39 is 5.82 Å². The number of hydrogen-bond donors (Lipinski definition) is 0. The second-order valence-electron chi connectivity index (χ2n) is 9.43. The molecule has 1 atom stereocenters. The molecule has 37 heavy (non-hydrogen) atoms. The Hall–Kier alpha value is -3.91. The van der Waals surface area contributed by atoms with E-state index in [1.54, 1.807) is 33.8 Å². The van der Waals surface area contributed by atoms with Gasteiger partial charge in [-0.05, 0) is 55.2 Å². The van der Waals surface area contributed by atoms with E-state index in [1.807, 2.05) is 44.2 Å². The first-order valence-corrected chi connectivity index (χ1v) is 12.5. The Kier molecular flexibility index (Phi) is 7.37. The predicted molar refractivity (Wildman–Crippen MR) is 137 cm³/mol. The van der Waals surface area contributed by atoms with Gasteiger partial charge in [0, 0.05) is 19.2 Å². The molecule has 1 amide bonds. The van der Waals surface area contributed by atoms with E-state index in [9.17, 15) is 9.18 Å². The third kappa shape index (κ3) is 5.59. The lowest BCUT2D eigenvalue weighted by atomic mass is 10.0. The van der Waals surface area contributed by atoms with Gasteiger partial charge in [-0.1, -0.05) is 38.1 Å². The van der Waals surface area contributed by atoms with Crippen LogP contribution < -0.4 is 4.74 Å². The van der Waals surface area contributed by atoms with Crippen molar-refractivity contribution in [3.05, 3.63) is 95.8 Å². The summed E-state index contributed by atoms with van der Waals surface area (Å²) in [6.07, 6.45) is 3.28. The summed E-state index contributed by atoms with van der Waals surface area (Å²) in [6.45, 7) is 5.42. The Labute approximate surface area is 215 Å². The number of ether oxygens (including phenoxy) is 2. The van der Waals surface area contributed by atoms with Gasteiger partial charge in [-0.2, -0.15) is 5.10 Å². The zero-order chi connectivity index (χ0) is 25.8. The molecule has 1 saturated heterocycles. The topological polar surface area (TPSA) is 69.7 Å². The van der Waals surface area contributed by atoms with E-state index in [-0.39, 0.29) is 30.2 Å². The summed E-state index contributed by atoms with van der Waals surface area (Å²) < 4.78 is 33.4. The minimum absolute atomic E-state index is 0.0399. The van der Waals surface area contributed by atoms with E-state index in [0.717, 1.165) is 29.8 Å². The number of furan rings is 1. The number of aromatic nitrogens is 2. The second kappa shape index (κ2) is 11.0. The molecule has 0 bridgehead atoms. The molecule has 8 heteroatoms. The smallest absolute Gasteiger partial charge is 0.289 e. The first-order valence-electron chi connectivity index (χ1n) is 12.5. The maximum atomic E-state index is 14.0. The number of benzene rings is 2. The van der Waals surface area contributed by atoms with Crippen LogP contribution in [0.25, 0.3) is 5.69 Å². The van der Waals surface area contributed by atoms with E-state index in [1.165, 1.54) is 18.4 Å². The van der Waals surface area contributed by atoms with Crippen LogP contribution in [0.2, 0.25) is 0 Å². The highest BCUT2D eigenvalue weighted by molar-refractivity contribution is 5.91. The van der Waals surface area contributed by atoms with Gasteiger partial charge in [0.2, 0.25) is 5.88 Å². The van der Waals surface area contributed by atoms with Crippen molar-refractivity contribution < 1.29 is 23.1 Å². The fourth-order valence-corrected chi connectivity index (χ4v) is 4.55. The fourth-order valence-electron chi connectivity index (χ4n) is 4.55. The number of para-hydroxylation sites is 1. The van der Waals surface area contributed by atoms with Crippen LogP contribution in [0, 0.1) is 5.82 Å². The number of rotatable bonds is 9. The average molecular weight is 504 g/mol. The normalized spacial score (nSPS) is 15.3. The molecule has 0 unspecified atom stereocenters. The van der Waals surface area contributed by atoms with Crippen LogP contribution in [0.4, 0.5) is 4.39 Å². The third-order valence-electron chi connectivity index (χ3n) is 6.34. The Morgan fingerprint density at radius 3 is 2.68 bits per heavy atom. The molecule has 1 aliphatic heterocycles. The molecule has 7 nitrogen and oxygen atoms in total. The number of halogens is 1. The van der Waals surface area contributed by atoms with Crippen molar-refractivity contribution in [2.75, 3.05) is 13.2 Å². The highest BCUT2D eigenvalue weighted by Gasteiger charge is 2.30. The van der Waals surface area contributed by atoms with Crippen molar-refractivity contribution in [2.24, 2.45) is 0 Å². The van der Waals surface area contributed by atoms with E-state index in [0.29, 0.717) is 24.8 Å². The van der Waals surface area contributed by atoms with Crippen molar-refractivity contribution in [3.8, 4) is 17.3 Å². The van der Waals surface area contributed by atoms with Gasteiger partial charge in [-0.25, -0.2) is 9.07 Å². The number of hydrogen-bond acceptors (Lipinski definition) is 5. The Morgan fingerprint density at radius 2 is 2.00 bits per heavy atom.